The maximum Gasteiger partial charge on any atom is 0.424 e. The van der Waals surface area contributed by atoms with Crippen LogP contribution in [0.1, 0.15) is 47.7 Å². The van der Waals surface area contributed by atoms with Crippen LogP contribution in [0.25, 0.3) is 0 Å². The molecule has 2 aliphatic rings. The van der Waals surface area contributed by atoms with Crippen LogP contribution in [0.2, 0.25) is 0 Å². The van der Waals surface area contributed by atoms with Crippen molar-refractivity contribution >= 4 is 11.6 Å². The molecule has 0 spiro atoms. The SMILES string of the molecule is O=C(CCc1cccnc1)N1CCCCc2cc3c(cc21)C(F)C3(O)C(F)(F)F. The Morgan fingerprint density at radius 1 is 1.31 bits per heavy atom. The fourth-order valence-corrected chi connectivity index (χ4v) is 4.12. The van der Waals surface area contributed by atoms with Crippen molar-refractivity contribution in [2.24, 2.45) is 0 Å². The quantitative estimate of drug-likeness (QED) is 0.776. The van der Waals surface area contributed by atoms with Gasteiger partial charge in [-0.05, 0) is 60.6 Å². The monoisotopic (exact) mass is 408 g/mol. The molecule has 0 fully saturated rings. The first-order valence-electron chi connectivity index (χ1n) is 9.53. The van der Waals surface area contributed by atoms with Crippen molar-refractivity contribution in [2.75, 3.05) is 11.4 Å². The third-order valence-electron chi connectivity index (χ3n) is 5.75. The smallest absolute Gasteiger partial charge is 0.374 e. The summed E-state index contributed by atoms with van der Waals surface area (Å²) >= 11 is 0. The number of hydrogen-bond donors (Lipinski definition) is 1. The number of halogens is 4. The van der Waals surface area contributed by atoms with E-state index in [1.165, 1.54) is 17.0 Å². The van der Waals surface area contributed by atoms with Crippen molar-refractivity contribution < 1.29 is 27.5 Å². The Balaban J connectivity index is 1.63. The van der Waals surface area contributed by atoms with E-state index in [9.17, 15) is 27.5 Å². The first-order valence-corrected chi connectivity index (χ1v) is 9.53. The van der Waals surface area contributed by atoms with Crippen LogP contribution in [0.15, 0.2) is 36.7 Å². The summed E-state index contributed by atoms with van der Waals surface area (Å²) in [5, 5.41) is 9.94. The molecule has 8 heteroatoms. The van der Waals surface area contributed by atoms with Gasteiger partial charge in [-0.15, -0.1) is 0 Å². The minimum Gasteiger partial charge on any atom is -0.374 e. The fourth-order valence-electron chi connectivity index (χ4n) is 4.12. The van der Waals surface area contributed by atoms with Crippen LogP contribution < -0.4 is 4.90 Å². The van der Waals surface area contributed by atoms with E-state index in [0.717, 1.165) is 5.56 Å². The minimum atomic E-state index is -5.10. The molecule has 1 aliphatic heterocycles. The highest BCUT2D eigenvalue weighted by Gasteiger charge is 2.68. The van der Waals surface area contributed by atoms with Gasteiger partial charge in [0.1, 0.15) is 0 Å². The molecule has 2 aromatic rings. The molecule has 1 amide bonds. The van der Waals surface area contributed by atoms with Crippen molar-refractivity contribution in [3.05, 3.63) is 58.9 Å². The van der Waals surface area contributed by atoms with Gasteiger partial charge in [-0.1, -0.05) is 6.07 Å². The molecule has 4 nitrogen and oxygen atoms in total. The van der Waals surface area contributed by atoms with Crippen LogP contribution in [-0.2, 0) is 23.2 Å². The number of nitrogens with zero attached hydrogens (tertiary/aromatic N) is 2. The van der Waals surface area contributed by atoms with E-state index in [-0.39, 0.29) is 17.9 Å². The molecule has 0 radical (unpaired) electrons. The Hall–Kier alpha value is -2.48. The number of fused-ring (bicyclic) bond motifs is 2. The van der Waals surface area contributed by atoms with Gasteiger partial charge < -0.3 is 10.0 Å². The highest BCUT2D eigenvalue weighted by molar-refractivity contribution is 5.94. The summed E-state index contributed by atoms with van der Waals surface area (Å²) in [5.74, 6) is -0.169. The highest BCUT2D eigenvalue weighted by atomic mass is 19.4. The Morgan fingerprint density at radius 3 is 2.79 bits per heavy atom. The van der Waals surface area contributed by atoms with Gasteiger partial charge in [0.25, 0.3) is 0 Å². The number of carbonyl (C=O) groups excluding carboxylic acids is 1. The second-order valence-corrected chi connectivity index (χ2v) is 7.56. The number of amides is 1. The molecule has 154 valence electrons. The molecular formula is C21H20F4N2O2. The van der Waals surface area contributed by atoms with Gasteiger partial charge >= 0.3 is 6.18 Å². The number of aliphatic hydroxyl groups is 1. The third kappa shape index (κ3) is 3.19. The van der Waals surface area contributed by atoms with Crippen LogP contribution in [0.3, 0.4) is 0 Å². The number of alkyl halides is 4. The van der Waals surface area contributed by atoms with E-state index in [2.05, 4.69) is 4.98 Å². The molecule has 2 unspecified atom stereocenters. The molecule has 2 atom stereocenters. The van der Waals surface area contributed by atoms with Gasteiger partial charge in [0.05, 0.1) is 0 Å². The van der Waals surface area contributed by atoms with Gasteiger partial charge in [-0.3, -0.25) is 9.78 Å². The molecule has 1 N–H and O–H groups in total. The van der Waals surface area contributed by atoms with Crippen LogP contribution in [-0.4, -0.2) is 28.7 Å². The first kappa shape index (κ1) is 19.8. The number of carbonyl (C=O) groups is 1. The van der Waals surface area contributed by atoms with Crippen LogP contribution in [0.4, 0.5) is 23.2 Å². The predicted molar refractivity (Wildman–Crippen MR) is 98.1 cm³/mol. The Bertz CT molecular complexity index is 932. The number of pyridine rings is 1. The maximum atomic E-state index is 14.3. The molecule has 1 aliphatic carbocycles. The average Bonchev–Trinajstić information content (AvgIpc) is 2.92. The first-order chi connectivity index (χ1) is 13.7. The maximum absolute atomic E-state index is 14.3. The number of hydrogen-bond acceptors (Lipinski definition) is 3. The number of rotatable bonds is 3. The fraction of sp³-hybridized carbons (Fsp3) is 0.429. The minimum absolute atomic E-state index is 0.169. The van der Waals surface area contributed by atoms with E-state index in [0.29, 0.717) is 43.5 Å². The van der Waals surface area contributed by atoms with Crippen molar-refractivity contribution in [3.63, 3.8) is 0 Å². The molecule has 4 rings (SSSR count). The Kier molecular flexibility index (Phi) is 4.85. The van der Waals surface area contributed by atoms with Crippen molar-refractivity contribution in [2.45, 2.75) is 50.1 Å². The number of benzene rings is 1. The largest absolute Gasteiger partial charge is 0.424 e. The lowest BCUT2D eigenvalue weighted by atomic mass is 9.70. The summed E-state index contributed by atoms with van der Waals surface area (Å²) in [6.07, 6.45) is -1.77. The molecule has 2 heterocycles. The molecule has 0 saturated heterocycles. The lowest BCUT2D eigenvalue weighted by Gasteiger charge is -2.44. The molecule has 1 aromatic carbocycles. The van der Waals surface area contributed by atoms with Crippen molar-refractivity contribution in [1.29, 1.82) is 0 Å². The average molecular weight is 408 g/mol. The Labute approximate surface area is 165 Å². The summed E-state index contributed by atoms with van der Waals surface area (Å²) in [4.78, 5) is 18.4. The van der Waals surface area contributed by atoms with Gasteiger partial charge in [0.2, 0.25) is 11.5 Å². The molecule has 0 bridgehead atoms. The zero-order chi connectivity index (χ0) is 20.8. The van der Waals surface area contributed by atoms with Gasteiger partial charge in [-0.2, -0.15) is 13.2 Å². The second kappa shape index (κ2) is 7.09. The zero-order valence-electron chi connectivity index (χ0n) is 15.5. The Morgan fingerprint density at radius 2 is 2.10 bits per heavy atom. The van der Waals surface area contributed by atoms with Crippen LogP contribution in [0.5, 0.6) is 0 Å². The van der Waals surface area contributed by atoms with E-state index in [4.69, 9.17) is 0 Å². The van der Waals surface area contributed by atoms with Gasteiger partial charge in [0, 0.05) is 36.6 Å². The van der Waals surface area contributed by atoms with E-state index < -0.39 is 23.5 Å². The van der Waals surface area contributed by atoms with Crippen LogP contribution >= 0.6 is 0 Å². The van der Waals surface area contributed by atoms with Gasteiger partial charge in [-0.25, -0.2) is 4.39 Å². The summed E-state index contributed by atoms with van der Waals surface area (Å²) < 4.78 is 54.0. The summed E-state index contributed by atoms with van der Waals surface area (Å²) in [6, 6.07) is 6.18. The van der Waals surface area contributed by atoms with E-state index in [1.54, 1.807) is 18.5 Å². The molecule has 0 saturated carbocycles. The summed E-state index contributed by atoms with van der Waals surface area (Å²) in [5.41, 5.74) is -2.22. The van der Waals surface area contributed by atoms with Gasteiger partial charge in [0.15, 0.2) is 6.17 Å². The summed E-state index contributed by atoms with van der Waals surface area (Å²) in [6.45, 7) is 0.429. The van der Waals surface area contributed by atoms with E-state index in [1.807, 2.05) is 6.07 Å². The zero-order valence-corrected chi connectivity index (χ0v) is 15.5. The highest BCUT2D eigenvalue weighted by Crippen LogP contribution is 2.60. The molecule has 29 heavy (non-hydrogen) atoms. The second-order valence-electron chi connectivity index (χ2n) is 7.56. The van der Waals surface area contributed by atoms with Crippen molar-refractivity contribution in [1.82, 2.24) is 4.98 Å². The standard InChI is InChI=1S/C21H20F4N2O2/c22-19-15-11-17-14(10-16(15)20(19,29)21(23,24)25)5-1-2-9-27(17)18(28)7-6-13-4-3-8-26-12-13/h3-4,8,10-12,19,29H,1-2,5-7,9H2. The number of aryl methyl sites for hydroxylation is 2. The number of anilines is 1. The summed E-state index contributed by atoms with van der Waals surface area (Å²) in [7, 11) is 0. The lowest BCUT2D eigenvalue weighted by molar-refractivity contribution is -0.302. The van der Waals surface area contributed by atoms with Crippen molar-refractivity contribution in [3.8, 4) is 0 Å². The normalized spacial score (nSPS) is 23.6. The lowest BCUT2D eigenvalue weighted by Crippen LogP contribution is -2.53. The van der Waals surface area contributed by atoms with E-state index >= 15 is 0 Å². The predicted octanol–water partition coefficient (Wildman–Crippen LogP) is 4.16. The topological polar surface area (TPSA) is 53.4 Å². The number of aromatic nitrogens is 1. The molecular weight excluding hydrogens is 388 g/mol. The molecule has 1 aromatic heterocycles. The van der Waals surface area contributed by atoms with Crippen LogP contribution in [0, 0.1) is 0 Å². The third-order valence-corrected chi connectivity index (χ3v) is 5.75.